The highest BCUT2D eigenvalue weighted by Crippen LogP contribution is 2.11. The monoisotopic (exact) mass is 264 g/mol. The lowest BCUT2D eigenvalue weighted by atomic mass is 9.99. The third-order valence-corrected chi connectivity index (χ3v) is 2.66. The normalized spacial score (nSPS) is 10.9. The summed E-state index contributed by atoms with van der Waals surface area (Å²) in [6.45, 7) is 7.53. The third-order valence-electron chi connectivity index (χ3n) is 2.45. The van der Waals surface area contributed by atoms with Gasteiger partial charge in [0.1, 0.15) is 5.78 Å². The van der Waals surface area contributed by atoms with Crippen LogP contribution in [0.4, 0.5) is 5.69 Å². The number of thiocarbonyl (C=S) groups is 1. The van der Waals surface area contributed by atoms with E-state index in [1.165, 1.54) is 5.56 Å². The predicted octanol–water partition coefficient (Wildman–Crippen LogP) is 3.04. The number of aryl methyl sites for hydroxylation is 1. The minimum Gasteiger partial charge on any atom is -0.357 e. The number of ketones is 1. The van der Waals surface area contributed by atoms with Gasteiger partial charge in [0.2, 0.25) is 0 Å². The summed E-state index contributed by atoms with van der Waals surface area (Å²) >= 11 is 5.24. The molecule has 0 saturated heterocycles. The van der Waals surface area contributed by atoms with Gasteiger partial charge in [-0.15, -0.1) is 0 Å². The second-order valence-electron chi connectivity index (χ2n) is 5.21. The summed E-state index contributed by atoms with van der Waals surface area (Å²) in [5.74, 6) is 0.144. The fourth-order valence-corrected chi connectivity index (χ4v) is 2.17. The van der Waals surface area contributed by atoms with Gasteiger partial charge in [0.25, 0.3) is 0 Å². The summed E-state index contributed by atoms with van der Waals surface area (Å²) in [5.41, 5.74) is 1.81. The number of carbonyl (C=O) groups excluding carboxylic acids is 1. The highest BCUT2D eigenvalue weighted by atomic mass is 32.1. The van der Waals surface area contributed by atoms with E-state index < -0.39 is 0 Å². The van der Waals surface area contributed by atoms with E-state index in [1.807, 2.05) is 45.0 Å². The fraction of sp³-hybridized carbons (Fsp3) is 0.429. The maximum Gasteiger partial charge on any atom is 0.171 e. The third kappa shape index (κ3) is 5.27. The van der Waals surface area contributed by atoms with Crippen LogP contribution < -0.4 is 10.6 Å². The molecule has 1 aromatic carbocycles. The molecule has 0 radical (unpaired) electrons. The smallest absolute Gasteiger partial charge is 0.171 e. The minimum atomic E-state index is -0.333. The van der Waals surface area contributed by atoms with Crippen molar-refractivity contribution in [3.05, 3.63) is 29.8 Å². The van der Waals surface area contributed by atoms with Crippen molar-refractivity contribution in [3.63, 3.8) is 0 Å². The molecule has 1 rings (SSSR count). The number of rotatable bonds is 4. The van der Waals surface area contributed by atoms with Crippen LogP contribution in [0.5, 0.6) is 0 Å². The SMILES string of the molecule is CC(=O)CC(C)(C)NC(=S)Nc1ccc(C)cc1. The fourth-order valence-electron chi connectivity index (χ4n) is 1.77. The van der Waals surface area contributed by atoms with E-state index in [0.717, 1.165) is 5.69 Å². The van der Waals surface area contributed by atoms with Gasteiger partial charge >= 0.3 is 0 Å². The first-order chi connectivity index (χ1) is 8.28. The van der Waals surface area contributed by atoms with Crippen molar-refractivity contribution < 1.29 is 4.79 Å². The van der Waals surface area contributed by atoms with Gasteiger partial charge in [0.15, 0.2) is 5.11 Å². The zero-order valence-electron chi connectivity index (χ0n) is 11.3. The zero-order chi connectivity index (χ0) is 13.8. The van der Waals surface area contributed by atoms with Crippen LogP contribution in [0.2, 0.25) is 0 Å². The van der Waals surface area contributed by atoms with Gasteiger partial charge in [0, 0.05) is 17.6 Å². The molecule has 0 bridgehead atoms. The first-order valence-corrected chi connectivity index (χ1v) is 6.34. The van der Waals surface area contributed by atoms with Crippen LogP contribution in [0.3, 0.4) is 0 Å². The molecule has 0 amide bonds. The van der Waals surface area contributed by atoms with Gasteiger partial charge in [-0.05, 0) is 52.0 Å². The van der Waals surface area contributed by atoms with Crippen molar-refractivity contribution in [1.29, 1.82) is 0 Å². The Hall–Kier alpha value is -1.42. The summed E-state index contributed by atoms with van der Waals surface area (Å²) in [7, 11) is 0. The molecule has 2 N–H and O–H groups in total. The second kappa shape index (κ2) is 5.96. The molecule has 1 aromatic rings. The first-order valence-electron chi connectivity index (χ1n) is 5.94. The predicted molar refractivity (Wildman–Crippen MR) is 79.9 cm³/mol. The average molecular weight is 264 g/mol. The van der Waals surface area contributed by atoms with Crippen molar-refractivity contribution in [2.45, 2.75) is 39.7 Å². The molecule has 4 heteroatoms. The average Bonchev–Trinajstić information content (AvgIpc) is 2.18. The lowest BCUT2D eigenvalue weighted by Crippen LogP contribution is -2.46. The van der Waals surface area contributed by atoms with Crippen LogP contribution in [0.15, 0.2) is 24.3 Å². The molecule has 0 saturated carbocycles. The Kier molecular flexibility index (Phi) is 4.84. The van der Waals surface area contributed by atoms with E-state index in [9.17, 15) is 4.79 Å². The van der Waals surface area contributed by atoms with E-state index in [1.54, 1.807) is 6.92 Å². The molecule has 0 spiro atoms. The molecule has 0 heterocycles. The highest BCUT2D eigenvalue weighted by Gasteiger charge is 2.20. The highest BCUT2D eigenvalue weighted by molar-refractivity contribution is 7.80. The summed E-state index contributed by atoms with van der Waals surface area (Å²) in [6, 6.07) is 7.99. The Bertz CT molecular complexity index is 438. The van der Waals surface area contributed by atoms with E-state index in [2.05, 4.69) is 10.6 Å². The Morgan fingerprint density at radius 1 is 1.28 bits per heavy atom. The Morgan fingerprint density at radius 2 is 1.83 bits per heavy atom. The largest absolute Gasteiger partial charge is 0.357 e. The lowest BCUT2D eigenvalue weighted by Gasteiger charge is -2.27. The number of hydrogen-bond donors (Lipinski definition) is 2. The van der Waals surface area contributed by atoms with Crippen molar-refractivity contribution in [3.8, 4) is 0 Å². The molecule has 0 unspecified atom stereocenters. The molecule has 3 nitrogen and oxygen atoms in total. The van der Waals surface area contributed by atoms with Crippen LogP contribution in [0.25, 0.3) is 0 Å². The van der Waals surface area contributed by atoms with E-state index in [4.69, 9.17) is 12.2 Å². The van der Waals surface area contributed by atoms with Crippen molar-refractivity contribution in [2.75, 3.05) is 5.32 Å². The Morgan fingerprint density at radius 3 is 2.33 bits per heavy atom. The molecule has 18 heavy (non-hydrogen) atoms. The lowest BCUT2D eigenvalue weighted by molar-refractivity contribution is -0.118. The molecule has 0 aliphatic rings. The van der Waals surface area contributed by atoms with Crippen LogP contribution in [0, 0.1) is 6.92 Å². The number of anilines is 1. The quantitative estimate of drug-likeness (QED) is 0.820. The second-order valence-corrected chi connectivity index (χ2v) is 5.62. The van der Waals surface area contributed by atoms with Gasteiger partial charge < -0.3 is 10.6 Å². The van der Waals surface area contributed by atoms with Gasteiger partial charge in [0.05, 0.1) is 0 Å². The number of nitrogens with one attached hydrogen (secondary N) is 2. The molecule has 0 aliphatic carbocycles. The zero-order valence-corrected chi connectivity index (χ0v) is 12.1. The summed E-state index contributed by atoms with van der Waals surface area (Å²) in [4.78, 5) is 11.1. The van der Waals surface area contributed by atoms with Crippen LogP contribution >= 0.6 is 12.2 Å². The van der Waals surface area contributed by atoms with E-state index >= 15 is 0 Å². The number of benzene rings is 1. The van der Waals surface area contributed by atoms with Gasteiger partial charge in [-0.3, -0.25) is 4.79 Å². The standard InChI is InChI=1S/C14H20N2OS/c1-10-5-7-12(8-6-10)15-13(18)16-14(3,4)9-11(2)17/h5-8H,9H2,1-4H3,(H2,15,16,18). The summed E-state index contributed by atoms with van der Waals surface area (Å²) < 4.78 is 0. The van der Waals surface area contributed by atoms with Crippen LogP contribution in [-0.4, -0.2) is 16.4 Å². The molecular weight excluding hydrogens is 244 g/mol. The maximum atomic E-state index is 11.1. The van der Waals surface area contributed by atoms with Gasteiger partial charge in [-0.25, -0.2) is 0 Å². The minimum absolute atomic E-state index is 0.144. The van der Waals surface area contributed by atoms with Crippen molar-refractivity contribution in [1.82, 2.24) is 5.32 Å². The topological polar surface area (TPSA) is 41.1 Å². The molecular formula is C14H20N2OS. The Labute approximate surface area is 114 Å². The number of carbonyl (C=O) groups is 1. The molecule has 98 valence electrons. The van der Waals surface area contributed by atoms with Crippen molar-refractivity contribution >= 4 is 28.8 Å². The summed E-state index contributed by atoms with van der Waals surface area (Å²) in [6.07, 6.45) is 0.447. The van der Waals surface area contributed by atoms with E-state index in [-0.39, 0.29) is 11.3 Å². The number of Topliss-reactive ketones (excluding diaryl/α,β-unsaturated/α-hetero) is 1. The molecule has 0 fully saturated rings. The van der Waals surface area contributed by atoms with E-state index in [0.29, 0.717) is 11.5 Å². The van der Waals surface area contributed by atoms with Gasteiger partial charge in [-0.2, -0.15) is 0 Å². The Balaban J connectivity index is 2.56. The van der Waals surface area contributed by atoms with Gasteiger partial charge in [-0.1, -0.05) is 17.7 Å². The van der Waals surface area contributed by atoms with Crippen LogP contribution in [0.1, 0.15) is 32.8 Å². The number of hydrogen-bond acceptors (Lipinski definition) is 2. The van der Waals surface area contributed by atoms with Crippen molar-refractivity contribution in [2.24, 2.45) is 0 Å². The summed E-state index contributed by atoms with van der Waals surface area (Å²) in [5, 5.41) is 6.79. The molecule has 0 aliphatic heterocycles. The maximum absolute atomic E-state index is 11.1. The molecule has 0 aromatic heterocycles. The molecule has 0 atom stereocenters. The first kappa shape index (κ1) is 14.6. The van der Waals surface area contributed by atoms with Crippen LogP contribution in [-0.2, 0) is 4.79 Å².